The molecule has 7 heteroatoms. The minimum absolute atomic E-state index is 0.662. The highest BCUT2D eigenvalue weighted by atomic mass is 35.5. The third-order valence-electron chi connectivity index (χ3n) is 4.15. The predicted octanol–water partition coefficient (Wildman–Crippen LogP) is 5.28. The van der Waals surface area contributed by atoms with Crippen LogP contribution in [-0.4, -0.2) is 26.9 Å². The molecule has 0 saturated heterocycles. The Morgan fingerprint density at radius 1 is 1.04 bits per heavy atom. The molecule has 4 aromatic rings. The standard InChI is InChI=1S/C21H17ClN4OS/c1-27-19-9-7-15(8-10-19)14-28-21-25-24-20(16-4-3-11-23-13-16)26(21)18-6-2-5-17(22)12-18/h2-13H,14H2,1H3. The van der Waals surface area contributed by atoms with Gasteiger partial charge in [-0.25, -0.2) is 0 Å². The number of benzene rings is 2. The van der Waals surface area contributed by atoms with Crippen molar-refractivity contribution in [3.05, 3.63) is 83.6 Å². The number of hydrogen-bond donors (Lipinski definition) is 0. The van der Waals surface area contributed by atoms with Crippen molar-refractivity contribution >= 4 is 23.4 Å². The first kappa shape index (κ1) is 18.5. The molecule has 0 amide bonds. The molecule has 0 radical (unpaired) electrons. The summed E-state index contributed by atoms with van der Waals surface area (Å²) in [5.41, 5.74) is 2.98. The van der Waals surface area contributed by atoms with E-state index < -0.39 is 0 Å². The SMILES string of the molecule is COc1ccc(CSc2nnc(-c3cccnc3)n2-c2cccc(Cl)c2)cc1. The van der Waals surface area contributed by atoms with Gasteiger partial charge in [0, 0.05) is 28.7 Å². The molecule has 2 aromatic heterocycles. The lowest BCUT2D eigenvalue weighted by Gasteiger charge is -2.11. The summed E-state index contributed by atoms with van der Waals surface area (Å²) in [6.07, 6.45) is 3.52. The van der Waals surface area contributed by atoms with Crippen LogP contribution in [0.2, 0.25) is 5.02 Å². The molecule has 0 aliphatic carbocycles. The van der Waals surface area contributed by atoms with E-state index in [0.717, 1.165) is 33.7 Å². The normalized spacial score (nSPS) is 10.8. The van der Waals surface area contributed by atoms with Gasteiger partial charge in [0.1, 0.15) is 5.75 Å². The summed E-state index contributed by atoms with van der Waals surface area (Å²) in [6.45, 7) is 0. The fourth-order valence-electron chi connectivity index (χ4n) is 2.76. The van der Waals surface area contributed by atoms with Crippen LogP contribution in [0.4, 0.5) is 0 Å². The van der Waals surface area contributed by atoms with Crippen molar-refractivity contribution in [2.24, 2.45) is 0 Å². The van der Waals surface area contributed by atoms with Crippen molar-refractivity contribution in [3.63, 3.8) is 0 Å². The fraction of sp³-hybridized carbons (Fsp3) is 0.0952. The molecule has 0 bridgehead atoms. The lowest BCUT2D eigenvalue weighted by molar-refractivity contribution is 0.414. The van der Waals surface area contributed by atoms with Gasteiger partial charge in [0.15, 0.2) is 11.0 Å². The van der Waals surface area contributed by atoms with Gasteiger partial charge in [-0.15, -0.1) is 10.2 Å². The summed E-state index contributed by atoms with van der Waals surface area (Å²) < 4.78 is 7.23. The van der Waals surface area contributed by atoms with E-state index >= 15 is 0 Å². The van der Waals surface area contributed by atoms with E-state index in [-0.39, 0.29) is 0 Å². The zero-order chi connectivity index (χ0) is 19.3. The number of hydrogen-bond acceptors (Lipinski definition) is 5. The number of ether oxygens (including phenoxy) is 1. The van der Waals surface area contributed by atoms with E-state index in [1.54, 1.807) is 31.3 Å². The van der Waals surface area contributed by atoms with Crippen molar-refractivity contribution in [1.82, 2.24) is 19.7 Å². The van der Waals surface area contributed by atoms with Crippen LogP contribution in [0.15, 0.2) is 78.2 Å². The molecule has 0 aliphatic rings. The van der Waals surface area contributed by atoms with E-state index in [1.807, 2.05) is 65.2 Å². The smallest absolute Gasteiger partial charge is 0.196 e. The van der Waals surface area contributed by atoms with Gasteiger partial charge in [-0.3, -0.25) is 9.55 Å². The molecule has 2 aromatic carbocycles. The largest absolute Gasteiger partial charge is 0.497 e. The Morgan fingerprint density at radius 3 is 2.61 bits per heavy atom. The molecule has 0 unspecified atom stereocenters. The molecule has 0 fully saturated rings. The fourth-order valence-corrected chi connectivity index (χ4v) is 3.86. The summed E-state index contributed by atoms with van der Waals surface area (Å²) in [5, 5.41) is 10.3. The third-order valence-corrected chi connectivity index (χ3v) is 5.38. The summed E-state index contributed by atoms with van der Waals surface area (Å²) in [5.74, 6) is 2.33. The maximum atomic E-state index is 6.23. The molecular formula is C21H17ClN4OS. The van der Waals surface area contributed by atoms with Crippen molar-refractivity contribution in [3.8, 4) is 22.8 Å². The number of thioether (sulfide) groups is 1. The van der Waals surface area contributed by atoms with E-state index in [2.05, 4.69) is 15.2 Å². The van der Waals surface area contributed by atoms with Crippen molar-refractivity contribution in [2.75, 3.05) is 7.11 Å². The molecule has 0 spiro atoms. The van der Waals surface area contributed by atoms with Crippen LogP contribution >= 0.6 is 23.4 Å². The Hall–Kier alpha value is -2.83. The van der Waals surface area contributed by atoms with Gasteiger partial charge in [0.2, 0.25) is 0 Å². The van der Waals surface area contributed by atoms with Crippen molar-refractivity contribution < 1.29 is 4.74 Å². The molecule has 140 valence electrons. The first-order valence-corrected chi connectivity index (χ1v) is 9.98. The molecule has 2 heterocycles. The van der Waals surface area contributed by atoms with E-state index in [1.165, 1.54) is 5.56 Å². The lowest BCUT2D eigenvalue weighted by Crippen LogP contribution is -2.00. The Morgan fingerprint density at radius 2 is 1.89 bits per heavy atom. The van der Waals surface area contributed by atoms with Crippen LogP contribution < -0.4 is 4.74 Å². The van der Waals surface area contributed by atoms with Crippen LogP contribution in [0.25, 0.3) is 17.1 Å². The van der Waals surface area contributed by atoms with Gasteiger partial charge in [-0.05, 0) is 48.0 Å². The van der Waals surface area contributed by atoms with Crippen molar-refractivity contribution in [1.29, 1.82) is 0 Å². The summed E-state index contributed by atoms with van der Waals surface area (Å²) >= 11 is 7.84. The summed E-state index contributed by atoms with van der Waals surface area (Å²) in [7, 11) is 1.66. The maximum Gasteiger partial charge on any atom is 0.196 e. The molecule has 4 rings (SSSR count). The molecule has 28 heavy (non-hydrogen) atoms. The van der Waals surface area contributed by atoms with Gasteiger partial charge in [0.05, 0.1) is 12.8 Å². The van der Waals surface area contributed by atoms with Gasteiger partial charge in [0.25, 0.3) is 0 Å². The second kappa shape index (κ2) is 8.46. The third kappa shape index (κ3) is 4.03. The van der Waals surface area contributed by atoms with Crippen LogP contribution in [0, 0.1) is 0 Å². The Kier molecular flexibility index (Phi) is 5.60. The van der Waals surface area contributed by atoms with Crippen LogP contribution in [-0.2, 0) is 5.75 Å². The van der Waals surface area contributed by atoms with E-state index in [0.29, 0.717) is 5.02 Å². The average molecular weight is 409 g/mol. The molecule has 5 nitrogen and oxygen atoms in total. The zero-order valence-electron chi connectivity index (χ0n) is 15.1. The highest BCUT2D eigenvalue weighted by molar-refractivity contribution is 7.98. The minimum Gasteiger partial charge on any atom is -0.497 e. The number of nitrogens with zero attached hydrogens (tertiary/aromatic N) is 4. The Bertz CT molecular complexity index is 1070. The van der Waals surface area contributed by atoms with Crippen LogP contribution in [0.1, 0.15) is 5.56 Å². The number of halogens is 1. The molecular weight excluding hydrogens is 392 g/mol. The second-order valence-corrected chi connectivity index (χ2v) is 7.38. The highest BCUT2D eigenvalue weighted by Gasteiger charge is 2.16. The van der Waals surface area contributed by atoms with Crippen molar-refractivity contribution in [2.45, 2.75) is 10.9 Å². The van der Waals surface area contributed by atoms with Crippen LogP contribution in [0.5, 0.6) is 5.75 Å². The minimum atomic E-state index is 0.662. The molecule has 0 atom stereocenters. The molecule has 0 saturated carbocycles. The van der Waals surface area contributed by atoms with Gasteiger partial charge >= 0.3 is 0 Å². The summed E-state index contributed by atoms with van der Waals surface area (Å²) in [4.78, 5) is 4.21. The maximum absolute atomic E-state index is 6.23. The van der Waals surface area contributed by atoms with E-state index in [4.69, 9.17) is 16.3 Å². The van der Waals surface area contributed by atoms with Gasteiger partial charge < -0.3 is 4.74 Å². The zero-order valence-corrected chi connectivity index (χ0v) is 16.7. The topological polar surface area (TPSA) is 52.8 Å². The monoisotopic (exact) mass is 408 g/mol. The van der Waals surface area contributed by atoms with Gasteiger partial charge in [-0.1, -0.05) is 41.6 Å². The quantitative estimate of drug-likeness (QED) is 0.406. The first-order chi connectivity index (χ1) is 13.7. The highest BCUT2D eigenvalue weighted by Crippen LogP contribution is 2.30. The summed E-state index contributed by atoms with van der Waals surface area (Å²) in [6, 6.07) is 19.5. The Balaban J connectivity index is 1.69. The average Bonchev–Trinajstić information content (AvgIpc) is 3.17. The number of aromatic nitrogens is 4. The predicted molar refractivity (Wildman–Crippen MR) is 112 cm³/mol. The molecule has 0 aliphatic heterocycles. The Labute approximate surface area is 172 Å². The second-order valence-electron chi connectivity index (χ2n) is 6.00. The first-order valence-electron chi connectivity index (χ1n) is 8.62. The van der Waals surface area contributed by atoms with Gasteiger partial charge in [-0.2, -0.15) is 0 Å². The number of rotatable bonds is 6. The lowest BCUT2D eigenvalue weighted by atomic mass is 10.2. The number of methoxy groups -OCH3 is 1. The molecule has 0 N–H and O–H groups in total. The van der Waals surface area contributed by atoms with E-state index in [9.17, 15) is 0 Å². The number of pyridine rings is 1. The van der Waals surface area contributed by atoms with Crippen LogP contribution in [0.3, 0.4) is 0 Å².